The lowest BCUT2D eigenvalue weighted by atomic mass is 10.2. The Kier molecular flexibility index (Phi) is 3.46. The molecule has 1 heterocycles. The minimum atomic E-state index is -0.602. The molecular formula is C16H11ClN2O2. The van der Waals surface area contributed by atoms with Crippen molar-refractivity contribution in [2.45, 2.75) is 0 Å². The monoisotopic (exact) mass is 298 g/mol. The predicted molar refractivity (Wildman–Crippen MR) is 81.4 cm³/mol. The van der Waals surface area contributed by atoms with E-state index in [9.17, 15) is 4.79 Å². The molecule has 104 valence electrons. The van der Waals surface area contributed by atoms with Crippen molar-refractivity contribution in [3.05, 3.63) is 70.7 Å². The van der Waals surface area contributed by atoms with Crippen LogP contribution >= 0.6 is 11.6 Å². The standard InChI is InChI=1S/C16H11ClN2O2/c17-12-6-2-3-7-13(12)19-16-11(15(18)20)9-10-5-1-4-8-14(10)21-16/h1-9H,(H2,18,20). The maximum absolute atomic E-state index is 11.6. The van der Waals surface area contributed by atoms with Gasteiger partial charge in [-0.25, -0.2) is 4.99 Å². The summed E-state index contributed by atoms with van der Waals surface area (Å²) < 4.78 is 5.69. The molecule has 0 aliphatic carbocycles. The van der Waals surface area contributed by atoms with Crippen molar-refractivity contribution in [1.29, 1.82) is 0 Å². The molecule has 1 amide bonds. The van der Waals surface area contributed by atoms with Crippen molar-refractivity contribution in [2.24, 2.45) is 10.7 Å². The van der Waals surface area contributed by atoms with E-state index in [4.69, 9.17) is 21.8 Å². The first kappa shape index (κ1) is 13.4. The summed E-state index contributed by atoms with van der Waals surface area (Å²) >= 11 is 6.07. The number of nitrogens with zero attached hydrogens (tertiary/aromatic N) is 1. The highest BCUT2D eigenvalue weighted by molar-refractivity contribution is 6.32. The van der Waals surface area contributed by atoms with E-state index in [-0.39, 0.29) is 11.1 Å². The first-order valence-corrected chi connectivity index (χ1v) is 6.65. The van der Waals surface area contributed by atoms with Crippen LogP contribution in [0.3, 0.4) is 0 Å². The third kappa shape index (κ3) is 2.66. The van der Waals surface area contributed by atoms with Gasteiger partial charge in [0.1, 0.15) is 11.1 Å². The predicted octanol–water partition coefficient (Wildman–Crippen LogP) is 3.42. The topological polar surface area (TPSA) is 68.6 Å². The molecule has 0 fully saturated rings. The lowest BCUT2D eigenvalue weighted by Crippen LogP contribution is -2.21. The molecular weight excluding hydrogens is 288 g/mol. The van der Waals surface area contributed by atoms with Crippen LogP contribution in [0.5, 0.6) is 0 Å². The Morgan fingerprint density at radius 3 is 2.57 bits per heavy atom. The SMILES string of the molecule is NC(=O)c1cc2ccccc2oc1=Nc1ccccc1Cl. The maximum atomic E-state index is 11.6. The molecule has 0 aliphatic rings. The van der Waals surface area contributed by atoms with E-state index in [0.717, 1.165) is 5.39 Å². The van der Waals surface area contributed by atoms with Crippen molar-refractivity contribution in [2.75, 3.05) is 0 Å². The third-order valence-electron chi connectivity index (χ3n) is 3.00. The Hall–Kier alpha value is -2.59. The van der Waals surface area contributed by atoms with Crippen molar-refractivity contribution in [3.63, 3.8) is 0 Å². The zero-order chi connectivity index (χ0) is 14.8. The second-order valence-corrected chi connectivity index (χ2v) is 4.84. The Bertz CT molecular complexity index is 900. The second kappa shape index (κ2) is 5.42. The van der Waals surface area contributed by atoms with Crippen molar-refractivity contribution in [1.82, 2.24) is 0 Å². The minimum absolute atomic E-state index is 0.148. The summed E-state index contributed by atoms with van der Waals surface area (Å²) in [5, 5.41) is 1.25. The molecule has 2 N–H and O–H groups in total. The van der Waals surface area contributed by atoms with Gasteiger partial charge in [0.15, 0.2) is 0 Å². The zero-order valence-electron chi connectivity index (χ0n) is 10.9. The van der Waals surface area contributed by atoms with E-state index < -0.39 is 5.91 Å². The van der Waals surface area contributed by atoms with Gasteiger partial charge in [0, 0.05) is 5.39 Å². The molecule has 0 bridgehead atoms. The summed E-state index contributed by atoms with van der Waals surface area (Å²) in [4.78, 5) is 15.9. The van der Waals surface area contributed by atoms with Gasteiger partial charge in [0.2, 0.25) is 5.55 Å². The largest absolute Gasteiger partial charge is 0.438 e. The molecule has 3 rings (SSSR count). The molecule has 0 saturated heterocycles. The number of amides is 1. The smallest absolute Gasteiger partial charge is 0.254 e. The summed E-state index contributed by atoms with van der Waals surface area (Å²) in [7, 11) is 0. The molecule has 2 aromatic carbocycles. The Morgan fingerprint density at radius 1 is 1.10 bits per heavy atom. The average Bonchev–Trinajstić information content (AvgIpc) is 2.48. The molecule has 0 spiro atoms. The number of hydrogen-bond acceptors (Lipinski definition) is 3. The Morgan fingerprint density at radius 2 is 1.81 bits per heavy atom. The Balaban J connectivity index is 2.32. The number of primary amides is 1. The highest BCUT2D eigenvalue weighted by Crippen LogP contribution is 2.23. The number of nitrogens with two attached hydrogens (primary N) is 1. The number of fused-ring (bicyclic) bond motifs is 1. The molecule has 4 nitrogen and oxygen atoms in total. The highest BCUT2D eigenvalue weighted by atomic mass is 35.5. The number of carbonyl (C=O) groups excluding carboxylic acids is 1. The quantitative estimate of drug-likeness (QED) is 0.787. The minimum Gasteiger partial charge on any atom is -0.438 e. The molecule has 5 heteroatoms. The van der Waals surface area contributed by atoms with Gasteiger partial charge in [-0.2, -0.15) is 0 Å². The first-order chi connectivity index (χ1) is 10.1. The van der Waals surface area contributed by atoms with Gasteiger partial charge < -0.3 is 10.2 Å². The summed E-state index contributed by atoms with van der Waals surface area (Å²) in [6.45, 7) is 0. The van der Waals surface area contributed by atoms with Crippen LogP contribution < -0.4 is 11.3 Å². The number of halogens is 1. The zero-order valence-corrected chi connectivity index (χ0v) is 11.7. The summed E-state index contributed by atoms with van der Waals surface area (Å²) in [6.07, 6.45) is 0. The molecule has 0 unspecified atom stereocenters. The average molecular weight is 299 g/mol. The fraction of sp³-hybridized carbons (Fsp3) is 0. The summed E-state index contributed by atoms with van der Waals surface area (Å²) in [6, 6.07) is 16.0. The van der Waals surface area contributed by atoms with Gasteiger partial charge in [0.25, 0.3) is 5.91 Å². The van der Waals surface area contributed by atoms with Crippen LogP contribution in [-0.2, 0) is 0 Å². The van der Waals surface area contributed by atoms with Gasteiger partial charge in [-0.15, -0.1) is 0 Å². The van der Waals surface area contributed by atoms with Crippen molar-refractivity contribution < 1.29 is 9.21 Å². The molecule has 3 aromatic rings. The molecule has 0 radical (unpaired) electrons. The van der Waals surface area contributed by atoms with Crippen LogP contribution in [0, 0.1) is 0 Å². The number of benzene rings is 2. The fourth-order valence-corrected chi connectivity index (χ4v) is 2.16. The Labute approximate surface area is 125 Å². The van der Waals surface area contributed by atoms with Crippen LogP contribution in [0.4, 0.5) is 5.69 Å². The van der Waals surface area contributed by atoms with Gasteiger partial charge in [-0.05, 0) is 24.3 Å². The number of rotatable bonds is 2. The van der Waals surface area contributed by atoms with E-state index in [2.05, 4.69) is 4.99 Å². The normalized spacial score (nSPS) is 11.8. The van der Waals surface area contributed by atoms with Gasteiger partial charge >= 0.3 is 0 Å². The molecule has 0 aliphatic heterocycles. The van der Waals surface area contributed by atoms with Crippen LogP contribution in [0.2, 0.25) is 5.02 Å². The van der Waals surface area contributed by atoms with Crippen LogP contribution in [-0.4, -0.2) is 5.91 Å². The van der Waals surface area contributed by atoms with Gasteiger partial charge in [-0.3, -0.25) is 4.79 Å². The van der Waals surface area contributed by atoms with Gasteiger partial charge in [-0.1, -0.05) is 41.9 Å². The third-order valence-corrected chi connectivity index (χ3v) is 3.32. The van der Waals surface area contributed by atoms with E-state index >= 15 is 0 Å². The fourth-order valence-electron chi connectivity index (χ4n) is 1.98. The van der Waals surface area contributed by atoms with Crippen molar-refractivity contribution >= 4 is 34.2 Å². The lowest BCUT2D eigenvalue weighted by molar-refractivity contribution is 0.0996. The summed E-state index contributed by atoms with van der Waals surface area (Å²) in [5.74, 6) is -0.602. The lowest BCUT2D eigenvalue weighted by Gasteiger charge is -2.02. The van der Waals surface area contributed by atoms with Crippen LogP contribution in [0.15, 0.2) is 64.0 Å². The van der Waals surface area contributed by atoms with Gasteiger partial charge in [0.05, 0.1) is 10.7 Å². The number of para-hydroxylation sites is 2. The second-order valence-electron chi connectivity index (χ2n) is 4.43. The maximum Gasteiger partial charge on any atom is 0.254 e. The molecule has 1 aromatic heterocycles. The van der Waals surface area contributed by atoms with Crippen LogP contribution in [0.25, 0.3) is 11.0 Å². The number of carbonyl (C=O) groups is 1. The van der Waals surface area contributed by atoms with E-state index in [0.29, 0.717) is 16.3 Å². The van der Waals surface area contributed by atoms with E-state index in [1.54, 1.807) is 36.4 Å². The molecule has 0 atom stereocenters. The molecule has 21 heavy (non-hydrogen) atoms. The summed E-state index contributed by atoms with van der Waals surface area (Å²) in [5.41, 5.74) is 6.90. The van der Waals surface area contributed by atoms with E-state index in [1.807, 2.05) is 18.2 Å². The molecule has 0 saturated carbocycles. The highest BCUT2D eigenvalue weighted by Gasteiger charge is 2.09. The number of hydrogen-bond donors (Lipinski definition) is 1. The first-order valence-electron chi connectivity index (χ1n) is 6.27. The van der Waals surface area contributed by atoms with E-state index in [1.165, 1.54) is 0 Å². The van der Waals surface area contributed by atoms with Crippen molar-refractivity contribution in [3.8, 4) is 0 Å². The van der Waals surface area contributed by atoms with Crippen LogP contribution in [0.1, 0.15) is 10.4 Å².